The molecule has 0 radical (unpaired) electrons. The Balaban J connectivity index is 1.68. The van der Waals surface area contributed by atoms with Crippen LogP contribution in [0.2, 0.25) is 5.15 Å². The average Bonchev–Trinajstić information content (AvgIpc) is 3.18. The molecule has 0 aliphatic carbocycles. The second kappa shape index (κ2) is 8.29. The molecule has 0 amide bonds. The third-order valence-corrected chi connectivity index (χ3v) is 6.50. The maximum atomic E-state index is 13.4. The van der Waals surface area contributed by atoms with Crippen LogP contribution in [0.4, 0.5) is 5.69 Å². The summed E-state index contributed by atoms with van der Waals surface area (Å²) in [4.78, 5) is 17.8. The lowest BCUT2D eigenvalue weighted by Crippen LogP contribution is -2.13. The third-order valence-electron chi connectivity index (χ3n) is 6.29. The largest absolute Gasteiger partial charge is 0.455 e. The summed E-state index contributed by atoms with van der Waals surface area (Å²) in [5.74, 6) is 0.574. The quantitative estimate of drug-likeness (QED) is 0.302. The number of anilines is 1. The van der Waals surface area contributed by atoms with Crippen LogP contribution in [0.5, 0.6) is 0 Å². The molecule has 0 spiro atoms. The summed E-state index contributed by atoms with van der Waals surface area (Å²) >= 11 is 6.02. The summed E-state index contributed by atoms with van der Waals surface area (Å²) in [6, 6.07) is 13.5. The summed E-state index contributed by atoms with van der Waals surface area (Å²) in [6.45, 7) is 7.76. The zero-order valence-corrected chi connectivity index (χ0v) is 20.5. The van der Waals surface area contributed by atoms with Gasteiger partial charge in [0.25, 0.3) is 0 Å². The molecule has 0 aliphatic heterocycles. The SMILES string of the molecule is Cc1cc([C@@H](C)Nc2ccc(Cl)nc2C)c2oc(-c3ccc4c(cnn4C)c3)c(C)c(=O)c2c1. The number of benzene rings is 2. The van der Waals surface area contributed by atoms with E-state index in [2.05, 4.69) is 21.5 Å². The van der Waals surface area contributed by atoms with Gasteiger partial charge in [0, 0.05) is 29.1 Å². The number of fused-ring (bicyclic) bond motifs is 2. The van der Waals surface area contributed by atoms with Crippen LogP contribution < -0.4 is 10.7 Å². The topological polar surface area (TPSA) is 73.0 Å². The summed E-state index contributed by atoms with van der Waals surface area (Å²) < 4.78 is 8.33. The molecular formula is C27H25ClN4O2. The van der Waals surface area contributed by atoms with E-state index in [1.807, 2.05) is 76.0 Å². The van der Waals surface area contributed by atoms with E-state index in [0.29, 0.717) is 27.4 Å². The molecule has 172 valence electrons. The number of nitrogens with zero attached hydrogens (tertiary/aromatic N) is 3. The Morgan fingerprint density at radius 1 is 1.09 bits per heavy atom. The fraction of sp³-hybridized carbons (Fsp3) is 0.222. The van der Waals surface area contributed by atoms with Gasteiger partial charge in [0.1, 0.15) is 16.5 Å². The van der Waals surface area contributed by atoms with Crippen LogP contribution in [0, 0.1) is 20.8 Å². The van der Waals surface area contributed by atoms with E-state index in [-0.39, 0.29) is 11.5 Å². The van der Waals surface area contributed by atoms with E-state index in [1.54, 1.807) is 6.07 Å². The number of aromatic nitrogens is 3. The third kappa shape index (κ3) is 3.74. The molecule has 0 bridgehead atoms. The van der Waals surface area contributed by atoms with Crippen molar-refractivity contribution in [2.24, 2.45) is 7.05 Å². The molecule has 3 aromatic heterocycles. The van der Waals surface area contributed by atoms with Crippen molar-refractivity contribution in [1.29, 1.82) is 0 Å². The standard InChI is InChI=1S/C27H25ClN4O2/c1-14-10-20(16(3)30-22-7-9-24(28)31-17(22)4)27-21(11-14)25(33)15(2)26(34-27)18-6-8-23-19(12-18)13-29-32(23)5/h6-13,16,30H,1-5H3/t16-/m1/s1. The molecule has 0 unspecified atom stereocenters. The van der Waals surface area contributed by atoms with E-state index >= 15 is 0 Å². The van der Waals surface area contributed by atoms with Gasteiger partial charge < -0.3 is 9.73 Å². The average molecular weight is 473 g/mol. The molecule has 5 aromatic rings. The highest BCUT2D eigenvalue weighted by atomic mass is 35.5. The van der Waals surface area contributed by atoms with Crippen LogP contribution >= 0.6 is 11.6 Å². The Kier molecular flexibility index (Phi) is 5.41. The molecule has 1 atom stereocenters. The molecule has 34 heavy (non-hydrogen) atoms. The normalized spacial score (nSPS) is 12.4. The highest BCUT2D eigenvalue weighted by Gasteiger charge is 2.20. The molecule has 0 fully saturated rings. The number of aryl methyl sites for hydroxylation is 3. The van der Waals surface area contributed by atoms with Crippen molar-refractivity contribution in [2.75, 3.05) is 5.32 Å². The molecule has 6 nitrogen and oxygen atoms in total. The number of hydrogen-bond donors (Lipinski definition) is 1. The fourth-order valence-corrected chi connectivity index (χ4v) is 4.65. The molecule has 0 aliphatic rings. The number of halogens is 1. The highest BCUT2D eigenvalue weighted by molar-refractivity contribution is 6.29. The lowest BCUT2D eigenvalue weighted by Gasteiger charge is -2.19. The first kappa shape index (κ1) is 22.2. The van der Waals surface area contributed by atoms with Crippen LogP contribution in [0.25, 0.3) is 33.2 Å². The van der Waals surface area contributed by atoms with Crippen molar-refractivity contribution >= 4 is 39.2 Å². The highest BCUT2D eigenvalue weighted by Crippen LogP contribution is 2.33. The van der Waals surface area contributed by atoms with Gasteiger partial charge in [-0.2, -0.15) is 5.10 Å². The molecule has 1 N–H and O–H groups in total. The van der Waals surface area contributed by atoms with Gasteiger partial charge in [0.05, 0.1) is 34.5 Å². The summed E-state index contributed by atoms with van der Waals surface area (Å²) in [5, 5.41) is 9.85. The zero-order valence-electron chi connectivity index (χ0n) is 19.7. The zero-order chi connectivity index (χ0) is 24.1. The summed E-state index contributed by atoms with van der Waals surface area (Å²) in [6.07, 6.45) is 1.82. The van der Waals surface area contributed by atoms with Gasteiger partial charge in [-0.3, -0.25) is 9.48 Å². The monoisotopic (exact) mass is 472 g/mol. The van der Waals surface area contributed by atoms with Crippen molar-refractivity contribution in [3.05, 3.63) is 86.4 Å². The molecule has 7 heteroatoms. The van der Waals surface area contributed by atoms with Gasteiger partial charge in [0.15, 0.2) is 5.43 Å². The van der Waals surface area contributed by atoms with Crippen LogP contribution in [0.3, 0.4) is 0 Å². The van der Waals surface area contributed by atoms with Crippen molar-refractivity contribution in [3.8, 4) is 11.3 Å². The van der Waals surface area contributed by atoms with Crippen molar-refractivity contribution in [2.45, 2.75) is 33.7 Å². The van der Waals surface area contributed by atoms with Gasteiger partial charge in [-0.05, 0) is 69.7 Å². The maximum absolute atomic E-state index is 13.4. The van der Waals surface area contributed by atoms with E-state index in [9.17, 15) is 4.79 Å². The van der Waals surface area contributed by atoms with Crippen LogP contribution in [0.15, 0.2) is 57.9 Å². The van der Waals surface area contributed by atoms with E-state index < -0.39 is 0 Å². The lowest BCUT2D eigenvalue weighted by molar-refractivity contribution is 0.605. The predicted molar refractivity (Wildman–Crippen MR) is 138 cm³/mol. The number of pyridine rings is 1. The smallest absolute Gasteiger partial charge is 0.196 e. The minimum Gasteiger partial charge on any atom is -0.455 e. The first-order valence-electron chi connectivity index (χ1n) is 11.1. The molecule has 0 saturated carbocycles. The number of nitrogens with one attached hydrogen (secondary N) is 1. The van der Waals surface area contributed by atoms with Gasteiger partial charge in [0.2, 0.25) is 0 Å². The van der Waals surface area contributed by atoms with E-state index in [4.69, 9.17) is 16.0 Å². The first-order valence-corrected chi connectivity index (χ1v) is 11.5. The van der Waals surface area contributed by atoms with Crippen molar-refractivity contribution in [1.82, 2.24) is 14.8 Å². The van der Waals surface area contributed by atoms with E-state index in [0.717, 1.165) is 39.0 Å². The molecule has 0 saturated heterocycles. The lowest BCUT2D eigenvalue weighted by atomic mass is 9.98. The van der Waals surface area contributed by atoms with Crippen molar-refractivity contribution < 1.29 is 4.42 Å². The van der Waals surface area contributed by atoms with Crippen LogP contribution in [0.1, 0.15) is 35.3 Å². The van der Waals surface area contributed by atoms with E-state index in [1.165, 1.54) is 0 Å². The maximum Gasteiger partial charge on any atom is 0.196 e. The van der Waals surface area contributed by atoms with Gasteiger partial charge >= 0.3 is 0 Å². The minimum atomic E-state index is -0.136. The minimum absolute atomic E-state index is 0.0241. The van der Waals surface area contributed by atoms with Gasteiger partial charge in [-0.25, -0.2) is 4.98 Å². The number of hydrogen-bond acceptors (Lipinski definition) is 5. The van der Waals surface area contributed by atoms with Crippen LogP contribution in [-0.4, -0.2) is 14.8 Å². The van der Waals surface area contributed by atoms with Gasteiger partial charge in [-0.15, -0.1) is 0 Å². The Morgan fingerprint density at radius 2 is 1.88 bits per heavy atom. The van der Waals surface area contributed by atoms with Crippen LogP contribution in [-0.2, 0) is 7.05 Å². The second-order valence-electron chi connectivity index (χ2n) is 8.79. The Bertz CT molecular complexity index is 1630. The Labute approximate surface area is 202 Å². The second-order valence-corrected chi connectivity index (χ2v) is 9.18. The molecule has 2 aromatic carbocycles. The fourth-order valence-electron chi connectivity index (χ4n) is 4.46. The molecule has 5 rings (SSSR count). The Hall–Kier alpha value is -3.64. The summed E-state index contributed by atoms with van der Waals surface area (Å²) in [5.41, 5.74) is 6.61. The first-order chi connectivity index (χ1) is 16.2. The molecule has 3 heterocycles. The van der Waals surface area contributed by atoms with Crippen molar-refractivity contribution in [3.63, 3.8) is 0 Å². The van der Waals surface area contributed by atoms with Gasteiger partial charge in [-0.1, -0.05) is 17.7 Å². The summed E-state index contributed by atoms with van der Waals surface area (Å²) in [7, 11) is 1.91. The predicted octanol–water partition coefficient (Wildman–Crippen LogP) is 6.49. The molecular weight excluding hydrogens is 448 g/mol. The Morgan fingerprint density at radius 3 is 2.65 bits per heavy atom. The number of rotatable bonds is 4.